The molecule has 0 atom stereocenters. The number of aliphatic hydroxyl groups excluding tert-OH is 2. The Morgan fingerprint density at radius 1 is 1.18 bits per heavy atom. The molecule has 0 unspecified atom stereocenters. The van der Waals surface area contributed by atoms with E-state index in [4.69, 9.17) is 10.2 Å². The van der Waals surface area contributed by atoms with Gasteiger partial charge in [0.25, 0.3) is 0 Å². The molecule has 0 radical (unpaired) electrons. The topological polar surface area (TPSA) is 40.5 Å². The molecule has 90 valence electrons. The second-order valence-electron chi connectivity index (χ2n) is 4.54. The van der Waals surface area contributed by atoms with Crippen LogP contribution < -0.4 is 0 Å². The van der Waals surface area contributed by atoms with Crippen molar-refractivity contribution in [2.24, 2.45) is 5.92 Å². The van der Waals surface area contributed by atoms with E-state index in [0.29, 0.717) is 0 Å². The maximum Gasteiger partial charge on any atom is 0.0481 e. The summed E-state index contributed by atoms with van der Waals surface area (Å²) in [6.07, 6.45) is 4.69. The van der Waals surface area contributed by atoms with Crippen LogP contribution in [-0.2, 0) is 6.42 Å². The van der Waals surface area contributed by atoms with E-state index in [9.17, 15) is 0 Å². The van der Waals surface area contributed by atoms with E-state index in [2.05, 4.69) is 23.9 Å². The van der Waals surface area contributed by atoms with Gasteiger partial charge >= 0.3 is 0 Å². The zero-order valence-corrected chi connectivity index (χ0v) is 9.89. The molecular weight excluding hydrogens is 212 g/mol. The molecule has 0 spiro atoms. The van der Waals surface area contributed by atoms with Gasteiger partial charge in [-0.2, -0.15) is 0 Å². The van der Waals surface area contributed by atoms with Crippen LogP contribution in [0.1, 0.15) is 24.0 Å². The van der Waals surface area contributed by atoms with Gasteiger partial charge in [-0.3, -0.25) is 0 Å². The Morgan fingerprint density at radius 2 is 1.94 bits per heavy atom. The predicted molar refractivity (Wildman–Crippen MR) is 68.5 cm³/mol. The molecule has 0 amide bonds. The van der Waals surface area contributed by atoms with Crippen molar-refractivity contribution in [2.45, 2.75) is 19.3 Å². The molecule has 17 heavy (non-hydrogen) atoms. The molecule has 1 aliphatic carbocycles. The van der Waals surface area contributed by atoms with Crippen molar-refractivity contribution in [3.63, 3.8) is 0 Å². The first-order valence-corrected chi connectivity index (χ1v) is 6.07. The fourth-order valence-corrected chi connectivity index (χ4v) is 2.08. The number of rotatable bonds is 5. The van der Waals surface area contributed by atoms with Crippen molar-refractivity contribution in [1.29, 1.82) is 0 Å². The van der Waals surface area contributed by atoms with Gasteiger partial charge in [0.1, 0.15) is 0 Å². The Labute approximate surface area is 102 Å². The molecule has 2 N–H and O–H groups in total. The first-order chi connectivity index (χ1) is 8.33. The van der Waals surface area contributed by atoms with E-state index in [1.165, 1.54) is 16.7 Å². The van der Waals surface area contributed by atoms with Gasteiger partial charge in [0.05, 0.1) is 0 Å². The van der Waals surface area contributed by atoms with Gasteiger partial charge in [0.2, 0.25) is 0 Å². The molecule has 0 saturated heterocycles. The maximum atomic E-state index is 9.02. The van der Waals surface area contributed by atoms with Gasteiger partial charge in [-0.1, -0.05) is 24.3 Å². The number of hydrogen-bond donors (Lipinski definition) is 2. The highest BCUT2D eigenvalue weighted by molar-refractivity contribution is 5.57. The number of allylic oxidation sites excluding steroid dienone is 1. The molecule has 0 aliphatic heterocycles. The van der Waals surface area contributed by atoms with Crippen LogP contribution in [0.4, 0.5) is 0 Å². The Kier molecular flexibility index (Phi) is 4.16. The third-order valence-corrected chi connectivity index (χ3v) is 3.26. The van der Waals surface area contributed by atoms with Crippen LogP contribution in [0.15, 0.2) is 35.6 Å². The molecule has 0 aromatic heterocycles. The average Bonchev–Trinajstić information content (AvgIpc) is 2.40. The van der Waals surface area contributed by atoms with Gasteiger partial charge < -0.3 is 10.2 Å². The lowest BCUT2D eigenvalue weighted by Gasteiger charge is -2.14. The van der Waals surface area contributed by atoms with E-state index in [-0.39, 0.29) is 19.1 Å². The van der Waals surface area contributed by atoms with Gasteiger partial charge in [-0.25, -0.2) is 0 Å². The van der Waals surface area contributed by atoms with Crippen LogP contribution in [0.5, 0.6) is 0 Å². The van der Waals surface area contributed by atoms with Crippen molar-refractivity contribution in [3.05, 3.63) is 46.7 Å². The highest BCUT2D eigenvalue weighted by atomic mass is 16.3. The van der Waals surface area contributed by atoms with Crippen LogP contribution in [0.25, 0.3) is 6.08 Å². The summed E-state index contributed by atoms with van der Waals surface area (Å²) in [5.74, 6) is 0.00136. The molecular formula is C15H18O2. The summed E-state index contributed by atoms with van der Waals surface area (Å²) in [4.78, 5) is 0. The average molecular weight is 230 g/mol. The third kappa shape index (κ3) is 3.07. The number of aliphatic hydroxyl groups is 2. The van der Waals surface area contributed by atoms with Crippen molar-refractivity contribution in [1.82, 2.24) is 0 Å². The van der Waals surface area contributed by atoms with Crippen LogP contribution >= 0.6 is 0 Å². The summed E-state index contributed by atoms with van der Waals surface area (Å²) in [5, 5.41) is 18.0. The summed E-state index contributed by atoms with van der Waals surface area (Å²) in [5.41, 5.74) is 7.15. The van der Waals surface area contributed by atoms with Gasteiger partial charge in [-0.15, -0.1) is 5.73 Å². The molecule has 2 rings (SSSR count). The maximum absolute atomic E-state index is 9.02. The quantitative estimate of drug-likeness (QED) is 0.761. The SMILES string of the molecule is OCC(CO)CCC1=C=Cc2ccccc2C1. The molecule has 2 nitrogen and oxygen atoms in total. The lowest BCUT2D eigenvalue weighted by Crippen LogP contribution is -2.11. The van der Waals surface area contributed by atoms with E-state index in [1.807, 2.05) is 12.1 Å². The highest BCUT2D eigenvalue weighted by Crippen LogP contribution is 2.22. The van der Waals surface area contributed by atoms with Crippen molar-refractivity contribution in [2.75, 3.05) is 13.2 Å². The summed E-state index contributed by atoms with van der Waals surface area (Å²) in [6.45, 7) is 0.119. The molecule has 0 bridgehead atoms. The van der Waals surface area contributed by atoms with E-state index in [1.54, 1.807) is 0 Å². The van der Waals surface area contributed by atoms with Gasteiger partial charge in [0.15, 0.2) is 0 Å². The Bertz CT molecular complexity index is 438. The largest absolute Gasteiger partial charge is 0.396 e. The molecule has 1 aliphatic rings. The fourth-order valence-electron chi connectivity index (χ4n) is 2.08. The minimum Gasteiger partial charge on any atom is -0.396 e. The lowest BCUT2D eigenvalue weighted by molar-refractivity contribution is 0.144. The zero-order valence-electron chi connectivity index (χ0n) is 9.89. The second kappa shape index (κ2) is 5.83. The lowest BCUT2D eigenvalue weighted by atomic mass is 9.91. The summed E-state index contributed by atoms with van der Waals surface area (Å²) in [6, 6.07) is 8.33. The normalized spacial score (nSPS) is 13.7. The first-order valence-electron chi connectivity index (χ1n) is 6.07. The predicted octanol–water partition coefficient (Wildman–Crippen LogP) is 2.16. The molecule has 2 heteroatoms. The third-order valence-electron chi connectivity index (χ3n) is 3.26. The van der Waals surface area contributed by atoms with Crippen molar-refractivity contribution < 1.29 is 10.2 Å². The van der Waals surface area contributed by atoms with Crippen molar-refractivity contribution in [3.8, 4) is 0 Å². The van der Waals surface area contributed by atoms with Crippen LogP contribution in [0, 0.1) is 5.92 Å². The molecule has 0 fully saturated rings. The van der Waals surface area contributed by atoms with Crippen molar-refractivity contribution >= 4 is 6.08 Å². The highest BCUT2D eigenvalue weighted by Gasteiger charge is 2.10. The van der Waals surface area contributed by atoms with Crippen LogP contribution in [0.3, 0.4) is 0 Å². The minimum atomic E-state index is 0.00136. The molecule has 1 aromatic carbocycles. The monoisotopic (exact) mass is 230 g/mol. The Hall–Kier alpha value is -1.34. The van der Waals surface area contributed by atoms with E-state index < -0.39 is 0 Å². The zero-order chi connectivity index (χ0) is 12.1. The second-order valence-corrected chi connectivity index (χ2v) is 4.54. The molecule has 1 aromatic rings. The fraction of sp³-hybridized carbons (Fsp3) is 0.400. The van der Waals surface area contributed by atoms with Gasteiger partial charge in [0, 0.05) is 25.6 Å². The summed E-state index contributed by atoms with van der Waals surface area (Å²) >= 11 is 0. The smallest absolute Gasteiger partial charge is 0.0481 e. The molecule has 0 heterocycles. The van der Waals surface area contributed by atoms with E-state index in [0.717, 1.165) is 19.3 Å². The number of fused-ring (bicyclic) bond motifs is 1. The summed E-state index contributed by atoms with van der Waals surface area (Å²) < 4.78 is 0. The first kappa shape index (κ1) is 12.1. The van der Waals surface area contributed by atoms with Gasteiger partial charge in [-0.05, 0) is 35.6 Å². The standard InChI is InChI=1S/C15H18O2/c16-10-13(11-17)6-5-12-7-8-14-3-1-2-4-15(14)9-12/h1-4,8,13,16-17H,5-6,9-11H2. The molecule has 0 saturated carbocycles. The Balaban J connectivity index is 1.99. The number of benzene rings is 1. The van der Waals surface area contributed by atoms with Crippen LogP contribution in [0.2, 0.25) is 0 Å². The Morgan fingerprint density at radius 3 is 2.71 bits per heavy atom. The van der Waals surface area contributed by atoms with Crippen LogP contribution in [-0.4, -0.2) is 23.4 Å². The minimum absolute atomic E-state index is 0.00136. The van der Waals surface area contributed by atoms with E-state index >= 15 is 0 Å². The summed E-state index contributed by atoms with van der Waals surface area (Å²) in [7, 11) is 0. The number of hydrogen-bond acceptors (Lipinski definition) is 2.